The van der Waals surface area contributed by atoms with E-state index in [-0.39, 0.29) is 5.41 Å². The van der Waals surface area contributed by atoms with E-state index >= 15 is 0 Å². The molecule has 0 radical (unpaired) electrons. The summed E-state index contributed by atoms with van der Waals surface area (Å²) in [6.07, 6.45) is 1.83. The van der Waals surface area contributed by atoms with Crippen LogP contribution in [0.2, 0.25) is 0 Å². The van der Waals surface area contributed by atoms with Gasteiger partial charge in [-0.2, -0.15) is 0 Å². The SMILES string of the molecule is CNCc1sc(N(C)Cc2ccccn2)nc1C(C)(C)C. The molecule has 2 aromatic rings. The van der Waals surface area contributed by atoms with E-state index in [1.54, 1.807) is 11.3 Å². The number of anilines is 1. The average molecular weight is 304 g/mol. The van der Waals surface area contributed by atoms with Gasteiger partial charge in [-0.25, -0.2) is 4.98 Å². The van der Waals surface area contributed by atoms with Crippen LogP contribution in [0.3, 0.4) is 0 Å². The van der Waals surface area contributed by atoms with Crippen molar-refractivity contribution < 1.29 is 0 Å². The molecule has 114 valence electrons. The molecule has 0 saturated heterocycles. The summed E-state index contributed by atoms with van der Waals surface area (Å²) in [5.41, 5.74) is 2.31. The van der Waals surface area contributed by atoms with Crippen LogP contribution in [-0.2, 0) is 18.5 Å². The van der Waals surface area contributed by atoms with E-state index < -0.39 is 0 Å². The molecule has 4 nitrogen and oxygen atoms in total. The molecule has 0 aliphatic carbocycles. The van der Waals surface area contributed by atoms with E-state index in [9.17, 15) is 0 Å². The molecule has 0 aliphatic heterocycles. The van der Waals surface area contributed by atoms with Crippen molar-refractivity contribution in [3.63, 3.8) is 0 Å². The Morgan fingerprint density at radius 1 is 1.29 bits per heavy atom. The Morgan fingerprint density at radius 2 is 2.05 bits per heavy atom. The maximum atomic E-state index is 4.87. The predicted octanol–water partition coefficient (Wildman–Crippen LogP) is 3.19. The smallest absolute Gasteiger partial charge is 0.185 e. The molecule has 0 saturated carbocycles. The van der Waals surface area contributed by atoms with Crippen LogP contribution in [0.4, 0.5) is 5.13 Å². The highest BCUT2D eigenvalue weighted by Gasteiger charge is 2.24. The Balaban J connectivity index is 2.23. The van der Waals surface area contributed by atoms with E-state index in [1.807, 2.05) is 31.4 Å². The summed E-state index contributed by atoms with van der Waals surface area (Å²) < 4.78 is 0. The molecule has 0 aliphatic rings. The van der Waals surface area contributed by atoms with Gasteiger partial charge < -0.3 is 10.2 Å². The monoisotopic (exact) mass is 304 g/mol. The number of aromatic nitrogens is 2. The van der Waals surface area contributed by atoms with Gasteiger partial charge in [0.05, 0.1) is 17.9 Å². The number of nitrogens with zero attached hydrogens (tertiary/aromatic N) is 3. The van der Waals surface area contributed by atoms with Crippen LogP contribution in [0.15, 0.2) is 24.4 Å². The van der Waals surface area contributed by atoms with Crippen LogP contribution in [-0.4, -0.2) is 24.1 Å². The van der Waals surface area contributed by atoms with Crippen molar-refractivity contribution >= 4 is 16.5 Å². The van der Waals surface area contributed by atoms with E-state index in [2.05, 4.69) is 43.0 Å². The Labute approximate surface area is 131 Å². The van der Waals surface area contributed by atoms with Crippen LogP contribution in [0.5, 0.6) is 0 Å². The standard InChI is InChI=1S/C16H24N4S/c1-16(2,3)14-13(10-17-4)21-15(19-14)20(5)11-12-8-6-7-9-18-12/h6-9,17H,10-11H2,1-5H3. The lowest BCUT2D eigenvalue weighted by atomic mass is 9.91. The molecule has 0 aromatic carbocycles. The fraction of sp³-hybridized carbons (Fsp3) is 0.500. The van der Waals surface area contributed by atoms with Gasteiger partial charge in [0, 0.05) is 30.1 Å². The van der Waals surface area contributed by atoms with Crippen LogP contribution in [0, 0.1) is 0 Å². The Morgan fingerprint density at radius 3 is 2.62 bits per heavy atom. The molecule has 0 bridgehead atoms. The lowest BCUT2D eigenvalue weighted by Gasteiger charge is -2.18. The van der Waals surface area contributed by atoms with Gasteiger partial charge in [-0.3, -0.25) is 4.98 Å². The molecule has 0 unspecified atom stereocenters. The summed E-state index contributed by atoms with van der Waals surface area (Å²) in [5, 5.41) is 4.29. The Hall–Kier alpha value is -1.46. The summed E-state index contributed by atoms with van der Waals surface area (Å²) in [4.78, 5) is 12.7. The molecular formula is C16H24N4S. The zero-order valence-corrected chi connectivity index (χ0v) is 14.3. The fourth-order valence-electron chi connectivity index (χ4n) is 2.17. The predicted molar refractivity (Wildman–Crippen MR) is 89.9 cm³/mol. The van der Waals surface area contributed by atoms with E-state index in [0.717, 1.165) is 23.9 Å². The maximum Gasteiger partial charge on any atom is 0.185 e. The van der Waals surface area contributed by atoms with Crippen molar-refractivity contribution in [2.24, 2.45) is 0 Å². The summed E-state index contributed by atoms with van der Waals surface area (Å²) >= 11 is 1.76. The number of pyridine rings is 1. The van der Waals surface area contributed by atoms with Crippen LogP contribution < -0.4 is 10.2 Å². The zero-order chi connectivity index (χ0) is 15.5. The molecule has 2 aromatic heterocycles. The molecule has 0 fully saturated rings. The Kier molecular flexibility index (Phi) is 4.96. The minimum atomic E-state index is 0.0623. The highest BCUT2D eigenvalue weighted by Crippen LogP contribution is 2.33. The highest BCUT2D eigenvalue weighted by molar-refractivity contribution is 7.15. The Bertz CT molecular complexity index is 572. The van der Waals surface area contributed by atoms with Crippen LogP contribution in [0.1, 0.15) is 37.0 Å². The maximum absolute atomic E-state index is 4.87. The lowest BCUT2D eigenvalue weighted by Crippen LogP contribution is -2.19. The van der Waals surface area contributed by atoms with Gasteiger partial charge in [0.25, 0.3) is 0 Å². The first-order valence-electron chi connectivity index (χ1n) is 7.17. The van der Waals surface area contributed by atoms with Gasteiger partial charge >= 0.3 is 0 Å². The lowest BCUT2D eigenvalue weighted by molar-refractivity contribution is 0.563. The van der Waals surface area contributed by atoms with Crippen LogP contribution in [0.25, 0.3) is 0 Å². The molecule has 21 heavy (non-hydrogen) atoms. The molecule has 5 heteroatoms. The van der Waals surface area contributed by atoms with Crippen molar-refractivity contribution in [2.45, 2.75) is 39.3 Å². The molecule has 0 spiro atoms. The van der Waals surface area contributed by atoms with Gasteiger partial charge in [-0.15, -0.1) is 11.3 Å². The number of hydrogen-bond donors (Lipinski definition) is 1. The minimum absolute atomic E-state index is 0.0623. The number of thiazole rings is 1. The summed E-state index contributed by atoms with van der Waals surface area (Å²) in [6, 6.07) is 6.00. The van der Waals surface area contributed by atoms with Crippen molar-refractivity contribution in [1.29, 1.82) is 0 Å². The van der Waals surface area contributed by atoms with Crippen molar-refractivity contribution in [3.8, 4) is 0 Å². The average Bonchev–Trinajstić information content (AvgIpc) is 2.84. The second kappa shape index (κ2) is 6.54. The second-order valence-corrected chi connectivity index (χ2v) is 7.29. The third kappa shape index (κ3) is 4.02. The van der Waals surface area contributed by atoms with Gasteiger partial charge in [-0.1, -0.05) is 26.8 Å². The third-order valence-corrected chi connectivity index (χ3v) is 4.36. The molecule has 1 N–H and O–H groups in total. The summed E-state index contributed by atoms with van der Waals surface area (Å²) in [7, 11) is 4.05. The normalized spacial score (nSPS) is 11.7. The van der Waals surface area contributed by atoms with E-state index in [0.29, 0.717) is 0 Å². The van der Waals surface area contributed by atoms with Gasteiger partial charge in [0.15, 0.2) is 5.13 Å². The first kappa shape index (κ1) is 15.9. The van der Waals surface area contributed by atoms with Crippen molar-refractivity contribution in [3.05, 3.63) is 40.7 Å². The zero-order valence-electron chi connectivity index (χ0n) is 13.5. The molecule has 2 heterocycles. The van der Waals surface area contributed by atoms with Crippen molar-refractivity contribution in [1.82, 2.24) is 15.3 Å². The minimum Gasteiger partial charge on any atom is -0.345 e. The number of rotatable bonds is 5. The summed E-state index contributed by atoms with van der Waals surface area (Å²) in [6.45, 7) is 8.27. The van der Waals surface area contributed by atoms with Crippen molar-refractivity contribution in [2.75, 3.05) is 19.0 Å². The first-order valence-corrected chi connectivity index (χ1v) is 7.99. The number of nitrogens with one attached hydrogen (secondary N) is 1. The molecule has 2 rings (SSSR count). The van der Waals surface area contributed by atoms with E-state index in [4.69, 9.17) is 4.98 Å². The van der Waals surface area contributed by atoms with Gasteiger partial charge in [0.1, 0.15) is 0 Å². The molecule has 0 amide bonds. The first-order chi connectivity index (χ1) is 9.91. The molecule has 0 atom stereocenters. The quantitative estimate of drug-likeness (QED) is 0.921. The summed E-state index contributed by atoms with van der Waals surface area (Å²) in [5.74, 6) is 0. The number of hydrogen-bond acceptors (Lipinski definition) is 5. The van der Waals surface area contributed by atoms with Crippen LogP contribution >= 0.6 is 11.3 Å². The second-order valence-electron chi connectivity index (χ2n) is 6.23. The highest BCUT2D eigenvalue weighted by atomic mass is 32.1. The molecular weight excluding hydrogens is 280 g/mol. The topological polar surface area (TPSA) is 41.0 Å². The van der Waals surface area contributed by atoms with Gasteiger partial charge in [-0.05, 0) is 19.2 Å². The fourth-order valence-corrected chi connectivity index (χ4v) is 3.41. The van der Waals surface area contributed by atoms with Gasteiger partial charge in [0.2, 0.25) is 0 Å². The largest absolute Gasteiger partial charge is 0.345 e. The van der Waals surface area contributed by atoms with E-state index in [1.165, 1.54) is 10.6 Å². The third-order valence-electron chi connectivity index (χ3n) is 3.19.